The Labute approximate surface area is 194 Å². The van der Waals surface area contributed by atoms with Crippen molar-refractivity contribution in [3.05, 3.63) is 83.8 Å². The highest BCUT2D eigenvalue weighted by atomic mass is 16.5. The van der Waals surface area contributed by atoms with Gasteiger partial charge in [-0.25, -0.2) is 14.5 Å². The van der Waals surface area contributed by atoms with Crippen molar-refractivity contribution in [1.29, 1.82) is 0 Å². The Morgan fingerprint density at radius 3 is 2.56 bits per heavy atom. The summed E-state index contributed by atoms with van der Waals surface area (Å²) < 4.78 is 6.74. The standard InChI is InChI=1S/C24H20N4O6/c1-34-19-9-7-16(8-10-19)25-21(29)14-28-22(30)20(26-24(28)33)13-18-6-3-11-27(18)17-5-2-4-15(12-17)23(31)32/h2-13H,14H2,1H3,(H,25,29)(H,26,33)(H,31,32)/b20-13-. The van der Waals surface area contributed by atoms with Crippen LogP contribution in [0.3, 0.4) is 0 Å². The molecule has 4 rings (SSSR count). The number of carbonyl (C=O) groups excluding carboxylic acids is 3. The molecule has 1 aromatic heterocycles. The molecule has 0 spiro atoms. The van der Waals surface area contributed by atoms with E-state index in [0.29, 0.717) is 22.8 Å². The molecule has 0 aliphatic carbocycles. The number of hydrogen-bond donors (Lipinski definition) is 3. The van der Waals surface area contributed by atoms with Gasteiger partial charge in [-0.1, -0.05) is 6.07 Å². The number of anilines is 1. The third-order valence-corrected chi connectivity index (χ3v) is 5.08. The van der Waals surface area contributed by atoms with Crippen molar-refractivity contribution >= 4 is 35.6 Å². The summed E-state index contributed by atoms with van der Waals surface area (Å²) in [6.45, 7) is -0.463. The van der Waals surface area contributed by atoms with Gasteiger partial charge in [-0.15, -0.1) is 0 Å². The third kappa shape index (κ3) is 4.65. The Hall–Kier alpha value is -4.86. The number of aromatic carboxylic acids is 1. The van der Waals surface area contributed by atoms with E-state index in [2.05, 4.69) is 10.6 Å². The molecule has 3 N–H and O–H groups in total. The first-order chi connectivity index (χ1) is 16.4. The van der Waals surface area contributed by atoms with Crippen LogP contribution in [0, 0.1) is 0 Å². The summed E-state index contributed by atoms with van der Waals surface area (Å²) in [4.78, 5) is 49.6. The van der Waals surface area contributed by atoms with Crippen molar-refractivity contribution in [3.63, 3.8) is 0 Å². The van der Waals surface area contributed by atoms with Gasteiger partial charge in [0.2, 0.25) is 5.91 Å². The lowest BCUT2D eigenvalue weighted by Gasteiger charge is -2.12. The summed E-state index contributed by atoms with van der Waals surface area (Å²) in [5.41, 5.74) is 1.72. The Bertz CT molecular complexity index is 1310. The fraction of sp³-hybridized carbons (Fsp3) is 0.0833. The number of methoxy groups -OCH3 is 1. The van der Waals surface area contributed by atoms with Gasteiger partial charge in [0.25, 0.3) is 5.91 Å². The number of ether oxygens (including phenoxy) is 1. The smallest absolute Gasteiger partial charge is 0.335 e. The van der Waals surface area contributed by atoms with E-state index in [9.17, 15) is 24.3 Å². The predicted molar refractivity (Wildman–Crippen MR) is 123 cm³/mol. The monoisotopic (exact) mass is 460 g/mol. The van der Waals surface area contributed by atoms with Crippen LogP contribution in [0.2, 0.25) is 0 Å². The normalized spacial score (nSPS) is 14.3. The fourth-order valence-electron chi connectivity index (χ4n) is 3.42. The van der Waals surface area contributed by atoms with Gasteiger partial charge < -0.3 is 25.0 Å². The summed E-state index contributed by atoms with van der Waals surface area (Å²) in [5.74, 6) is -1.62. The van der Waals surface area contributed by atoms with E-state index in [-0.39, 0.29) is 11.3 Å². The number of benzene rings is 2. The number of urea groups is 1. The van der Waals surface area contributed by atoms with Gasteiger partial charge >= 0.3 is 12.0 Å². The fourth-order valence-corrected chi connectivity index (χ4v) is 3.42. The molecule has 4 amide bonds. The molecule has 1 aliphatic rings. The van der Waals surface area contributed by atoms with Crippen LogP contribution in [0.4, 0.5) is 10.5 Å². The first kappa shape index (κ1) is 22.3. The topological polar surface area (TPSA) is 130 Å². The minimum Gasteiger partial charge on any atom is -0.497 e. The molecule has 0 atom stereocenters. The average Bonchev–Trinajstić information content (AvgIpc) is 3.39. The van der Waals surface area contributed by atoms with E-state index in [1.54, 1.807) is 59.3 Å². The molecule has 172 valence electrons. The SMILES string of the molecule is COc1ccc(NC(=O)CN2C(=O)N/C(=C\c3cccn3-c3cccc(C(=O)O)c3)C2=O)cc1. The summed E-state index contributed by atoms with van der Waals surface area (Å²) in [6.07, 6.45) is 3.17. The minimum absolute atomic E-state index is 0.00316. The molecule has 0 saturated carbocycles. The van der Waals surface area contributed by atoms with Crippen LogP contribution in [0.25, 0.3) is 11.8 Å². The van der Waals surface area contributed by atoms with Crippen molar-refractivity contribution in [1.82, 2.24) is 14.8 Å². The number of aromatic nitrogens is 1. The average molecular weight is 460 g/mol. The molecule has 1 fully saturated rings. The van der Waals surface area contributed by atoms with E-state index in [0.717, 1.165) is 4.90 Å². The number of amides is 4. The summed E-state index contributed by atoms with van der Waals surface area (Å²) >= 11 is 0. The van der Waals surface area contributed by atoms with Crippen molar-refractivity contribution in [2.75, 3.05) is 19.0 Å². The maximum atomic E-state index is 12.8. The van der Waals surface area contributed by atoms with E-state index < -0.39 is 30.4 Å². The zero-order valence-corrected chi connectivity index (χ0v) is 18.0. The van der Waals surface area contributed by atoms with Crippen molar-refractivity contribution < 1.29 is 29.0 Å². The largest absolute Gasteiger partial charge is 0.497 e. The number of carboxylic acids is 1. The summed E-state index contributed by atoms with van der Waals surface area (Å²) in [5, 5.41) is 14.3. The van der Waals surface area contributed by atoms with Crippen LogP contribution in [0.15, 0.2) is 72.6 Å². The number of carboxylic acid groups (broad SMARTS) is 1. The summed E-state index contributed by atoms with van der Waals surface area (Å²) in [6, 6.07) is 15.6. The van der Waals surface area contributed by atoms with Crippen LogP contribution in [-0.2, 0) is 9.59 Å². The highest BCUT2D eigenvalue weighted by molar-refractivity contribution is 6.15. The van der Waals surface area contributed by atoms with Gasteiger partial charge in [-0.2, -0.15) is 0 Å². The van der Waals surface area contributed by atoms with Crippen molar-refractivity contribution in [3.8, 4) is 11.4 Å². The number of hydrogen-bond acceptors (Lipinski definition) is 5. The quantitative estimate of drug-likeness (QED) is 0.367. The van der Waals surface area contributed by atoms with Crippen LogP contribution >= 0.6 is 0 Å². The molecule has 10 heteroatoms. The highest BCUT2D eigenvalue weighted by Gasteiger charge is 2.35. The first-order valence-electron chi connectivity index (χ1n) is 10.2. The molecule has 34 heavy (non-hydrogen) atoms. The van der Waals surface area contributed by atoms with Crippen LogP contribution < -0.4 is 15.4 Å². The lowest BCUT2D eigenvalue weighted by Crippen LogP contribution is -2.38. The van der Waals surface area contributed by atoms with E-state index in [1.165, 1.54) is 25.3 Å². The molecular weight excluding hydrogens is 440 g/mol. The molecular formula is C24H20N4O6. The van der Waals surface area contributed by atoms with Gasteiger partial charge in [-0.3, -0.25) is 9.59 Å². The lowest BCUT2D eigenvalue weighted by molar-refractivity contribution is -0.127. The maximum Gasteiger partial charge on any atom is 0.335 e. The lowest BCUT2D eigenvalue weighted by atomic mass is 10.2. The number of nitrogens with one attached hydrogen (secondary N) is 2. The van der Waals surface area contributed by atoms with Gasteiger partial charge in [0.05, 0.1) is 12.7 Å². The Kier molecular flexibility index (Phi) is 6.13. The van der Waals surface area contributed by atoms with Crippen LogP contribution in [0.1, 0.15) is 16.1 Å². The molecule has 2 aromatic carbocycles. The van der Waals surface area contributed by atoms with Gasteiger partial charge in [0, 0.05) is 23.3 Å². The van der Waals surface area contributed by atoms with Gasteiger partial charge in [0.15, 0.2) is 0 Å². The second kappa shape index (κ2) is 9.33. The van der Waals surface area contributed by atoms with Gasteiger partial charge in [-0.05, 0) is 60.7 Å². The number of imide groups is 1. The molecule has 2 heterocycles. The molecule has 1 aliphatic heterocycles. The maximum absolute atomic E-state index is 12.8. The predicted octanol–water partition coefficient (Wildman–Crippen LogP) is 2.72. The number of carbonyl (C=O) groups is 4. The van der Waals surface area contributed by atoms with Crippen LogP contribution in [0.5, 0.6) is 5.75 Å². The number of nitrogens with zero attached hydrogens (tertiary/aromatic N) is 2. The molecule has 1 saturated heterocycles. The molecule has 10 nitrogen and oxygen atoms in total. The Morgan fingerprint density at radius 1 is 1.09 bits per heavy atom. The first-order valence-corrected chi connectivity index (χ1v) is 10.2. The summed E-state index contributed by atoms with van der Waals surface area (Å²) in [7, 11) is 1.53. The second-order valence-electron chi connectivity index (χ2n) is 7.31. The molecule has 0 radical (unpaired) electrons. The minimum atomic E-state index is -1.06. The van der Waals surface area contributed by atoms with Crippen LogP contribution in [-0.4, -0.2) is 52.0 Å². The molecule has 3 aromatic rings. The Balaban J connectivity index is 1.49. The highest BCUT2D eigenvalue weighted by Crippen LogP contribution is 2.20. The van der Waals surface area contributed by atoms with E-state index >= 15 is 0 Å². The Morgan fingerprint density at radius 2 is 1.85 bits per heavy atom. The van der Waals surface area contributed by atoms with Crippen molar-refractivity contribution in [2.24, 2.45) is 0 Å². The molecule has 0 unspecified atom stereocenters. The van der Waals surface area contributed by atoms with E-state index in [1.807, 2.05) is 0 Å². The third-order valence-electron chi connectivity index (χ3n) is 5.08. The zero-order valence-electron chi connectivity index (χ0n) is 18.0. The second-order valence-corrected chi connectivity index (χ2v) is 7.31. The zero-order chi connectivity index (χ0) is 24.2. The molecule has 0 bridgehead atoms. The van der Waals surface area contributed by atoms with Gasteiger partial charge in [0.1, 0.15) is 18.0 Å². The number of rotatable bonds is 7. The van der Waals surface area contributed by atoms with E-state index in [4.69, 9.17) is 4.74 Å². The van der Waals surface area contributed by atoms with Crippen molar-refractivity contribution in [2.45, 2.75) is 0 Å².